The van der Waals surface area contributed by atoms with Crippen molar-refractivity contribution in [1.29, 1.82) is 0 Å². The molecule has 2 aromatic heterocycles. The Morgan fingerprint density at radius 3 is 3.25 bits per heavy atom. The van der Waals surface area contributed by atoms with E-state index >= 15 is 0 Å². The van der Waals surface area contributed by atoms with Gasteiger partial charge in [-0.1, -0.05) is 0 Å². The lowest BCUT2D eigenvalue weighted by Crippen LogP contribution is -2.25. The lowest BCUT2D eigenvalue weighted by molar-refractivity contribution is -0.118. The van der Waals surface area contributed by atoms with E-state index < -0.39 is 0 Å². The van der Waals surface area contributed by atoms with E-state index in [1.54, 1.807) is 17.5 Å². The van der Waals surface area contributed by atoms with Crippen molar-refractivity contribution >= 4 is 27.9 Å². The van der Waals surface area contributed by atoms with Crippen LogP contribution in [-0.2, 0) is 4.79 Å². The van der Waals surface area contributed by atoms with E-state index in [4.69, 9.17) is 4.74 Å². The van der Waals surface area contributed by atoms with E-state index in [0.29, 0.717) is 5.75 Å². The number of anilines is 1. The van der Waals surface area contributed by atoms with Gasteiger partial charge in [-0.2, -0.15) is 0 Å². The molecule has 1 aliphatic rings. The molecule has 100 valence electrons. The summed E-state index contributed by atoms with van der Waals surface area (Å²) < 4.78 is 7.44. The summed E-state index contributed by atoms with van der Waals surface area (Å²) in [5.74, 6) is 0.590. The molecule has 0 radical (unpaired) electrons. The third kappa shape index (κ3) is 1.61. The minimum atomic E-state index is -0.121. The Kier molecular flexibility index (Phi) is 2.34. The molecule has 0 bridgehead atoms. The van der Waals surface area contributed by atoms with Gasteiger partial charge in [0.05, 0.1) is 11.4 Å². The van der Waals surface area contributed by atoms with Crippen LogP contribution < -0.4 is 10.1 Å². The van der Waals surface area contributed by atoms with Crippen molar-refractivity contribution in [2.75, 3.05) is 11.9 Å². The summed E-state index contributed by atoms with van der Waals surface area (Å²) in [5, 5.41) is 2.84. The van der Waals surface area contributed by atoms with Crippen molar-refractivity contribution in [2.24, 2.45) is 0 Å². The first-order valence-corrected chi connectivity index (χ1v) is 7.03. The van der Waals surface area contributed by atoms with Crippen LogP contribution in [0.15, 0.2) is 30.6 Å². The molecule has 4 rings (SSSR count). The Balaban J connectivity index is 1.90. The number of hydrogen-bond donors (Lipinski definition) is 1. The summed E-state index contributed by atoms with van der Waals surface area (Å²) in [5.41, 5.74) is 2.86. The topological polar surface area (TPSA) is 55.6 Å². The van der Waals surface area contributed by atoms with E-state index in [1.807, 2.05) is 24.4 Å². The molecule has 5 nitrogen and oxygen atoms in total. The molecule has 1 N–H and O–H groups in total. The minimum Gasteiger partial charge on any atom is -0.482 e. The molecular weight excluding hydrogens is 274 g/mol. The number of imidazole rings is 1. The molecule has 3 heterocycles. The molecule has 3 aromatic rings. The summed E-state index contributed by atoms with van der Waals surface area (Å²) >= 11 is 1.65. The van der Waals surface area contributed by atoms with Gasteiger partial charge in [0.25, 0.3) is 5.91 Å². The first-order valence-electron chi connectivity index (χ1n) is 6.22. The maximum absolute atomic E-state index is 11.4. The van der Waals surface area contributed by atoms with Crippen LogP contribution in [0.2, 0.25) is 0 Å². The molecule has 0 saturated carbocycles. The SMILES string of the molecule is Cc1sc2nccn2c1-c1ccc2c(c1)NC(=O)CO2. The number of hydrogen-bond acceptors (Lipinski definition) is 4. The number of ether oxygens (including phenoxy) is 1. The Bertz CT molecular complexity index is 834. The largest absolute Gasteiger partial charge is 0.482 e. The third-order valence-corrected chi connectivity index (χ3v) is 4.30. The molecule has 1 amide bonds. The number of amides is 1. The number of thiazole rings is 1. The zero-order valence-corrected chi connectivity index (χ0v) is 11.5. The number of aryl methyl sites for hydroxylation is 1. The number of aromatic nitrogens is 2. The molecule has 0 aliphatic carbocycles. The number of carbonyl (C=O) groups is 1. The molecule has 0 saturated heterocycles. The summed E-state index contributed by atoms with van der Waals surface area (Å²) in [7, 11) is 0. The second-order valence-electron chi connectivity index (χ2n) is 4.63. The van der Waals surface area contributed by atoms with E-state index in [0.717, 1.165) is 21.9 Å². The van der Waals surface area contributed by atoms with E-state index in [9.17, 15) is 4.79 Å². The van der Waals surface area contributed by atoms with Crippen LogP contribution in [0.3, 0.4) is 0 Å². The smallest absolute Gasteiger partial charge is 0.262 e. The second-order valence-corrected chi connectivity index (χ2v) is 5.82. The number of benzene rings is 1. The average Bonchev–Trinajstić information content (AvgIpc) is 2.97. The summed E-state index contributed by atoms with van der Waals surface area (Å²) in [6.45, 7) is 2.15. The molecule has 1 aliphatic heterocycles. The van der Waals surface area contributed by atoms with Crippen LogP contribution in [0.4, 0.5) is 5.69 Å². The van der Waals surface area contributed by atoms with Gasteiger partial charge in [-0.15, -0.1) is 11.3 Å². The Labute approximate surface area is 118 Å². The highest BCUT2D eigenvalue weighted by Crippen LogP contribution is 2.36. The minimum absolute atomic E-state index is 0.0790. The number of nitrogens with one attached hydrogen (secondary N) is 1. The fourth-order valence-electron chi connectivity index (χ4n) is 2.46. The summed E-state index contributed by atoms with van der Waals surface area (Å²) in [6, 6.07) is 5.84. The van der Waals surface area contributed by atoms with E-state index in [-0.39, 0.29) is 12.5 Å². The fourth-order valence-corrected chi connectivity index (χ4v) is 3.41. The quantitative estimate of drug-likeness (QED) is 0.748. The Hall–Kier alpha value is -2.34. The maximum Gasteiger partial charge on any atom is 0.262 e. The number of nitrogens with zero attached hydrogens (tertiary/aromatic N) is 2. The van der Waals surface area contributed by atoms with Crippen LogP contribution >= 0.6 is 11.3 Å². The van der Waals surface area contributed by atoms with Crippen LogP contribution in [0.5, 0.6) is 5.75 Å². The highest BCUT2D eigenvalue weighted by Gasteiger charge is 2.18. The Morgan fingerprint density at radius 1 is 1.45 bits per heavy atom. The first kappa shape index (κ1) is 11.5. The molecular formula is C14H11N3O2S. The molecule has 20 heavy (non-hydrogen) atoms. The van der Waals surface area contributed by atoms with Crippen LogP contribution in [0.1, 0.15) is 4.88 Å². The standard InChI is InChI=1S/C14H11N3O2S/c1-8-13(17-5-4-15-14(17)20-8)9-2-3-11-10(6-9)16-12(18)7-19-11/h2-6H,7H2,1H3,(H,16,18). The summed E-state index contributed by atoms with van der Waals surface area (Å²) in [4.78, 5) is 17.9. The van der Waals surface area contributed by atoms with Gasteiger partial charge < -0.3 is 10.1 Å². The first-order chi connectivity index (χ1) is 9.72. The predicted molar refractivity (Wildman–Crippen MR) is 77.4 cm³/mol. The summed E-state index contributed by atoms with van der Waals surface area (Å²) in [6.07, 6.45) is 3.74. The zero-order chi connectivity index (χ0) is 13.7. The van der Waals surface area contributed by atoms with Crippen molar-refractivity contribution in [1.82, 2.24) is 9.38 Å². The number of rotatable bonds is 1. The highest BCUT2D eigenvalue weighted by atomic mass is 32.1. The molecule has 0 unspecified atom stereocenters. The molecule has 0 atom stereocenters. The molecule has 6 heteroatoms. The van der Waals surface area contributed by atoms with Gasteiger partial charge in [-0.25, -0.2) is 4.98 Å². The third-order valence-electron chi connectivity index (χ3n) is 3.31. The molecule has 0 fully saturated rings. The fraction of sp³-hybridized carbons (Fsp3) is 0.143. The maximum atomic E-state index is 11.4. The van der Waals surface area contributed by atoms with Gasteiger partial charge in [0.1, 0.15) is 5.75 Å². The monoisotopic (exact) mass is 285 g/mol. The lowest BCUT2D eigenvalue weighted by Gasteiger charge is -2.18. The molecule has 0 spiro atoms. The zero-order valence-electron chi connectivity index (χ0n) is 10.7. The van der Waals surface area contributed by atoms with Crippen molar-refractivity contribution < 1.29 is 9.53 Å². The van der Waals surface area contributed by atoms with Crippen LogP contribution in [0.25, 0.3) is 16.2 Å². The second kappa shape index (κ2) is 4.08. The van der Waals surface area contributed by atoms with Crippen LogP contribution in [-0.4, -0.2) is 21.9 Å². The highest BCUT2D eigenvalue weighted by molar-refractivity contribution is 7.17. The predicted octanol–water partition coefficient (Wildman–Crippen LogP) is 2.70. The van der Waals surface area contributed by atoms with Crippen molar-refractivity contribution in [3.05, 3.63) is 35.5 Å². The van der Waals surface area contributed by atoms with Gasteiger partial charge in [0.15, 0.2) is 11.6 Å². The average molecular weight is 285 g/mol. The van der Waals surface area contributed by atoms with Gasteiger partial charge in [0, 0.05) is 22.8 Å². The van der Waals surface area contributed by atoms with Gasteiger partial charge in [0.2, 0.25) is 0 Å². The number of carbonyl (C=O) groups excluding carboxylic acids is 1. The van der Waals surface area contributed by atoms with Crippen molar-refractivity contribution in [3.63, 3.8) is 0 Å². The van der Waals surface area contributed by atoms with Gasteiger partial charge >= 0.3 is 0 Å². The van der Waals surface area contributed by atoms with Crippen molar-refractivity contribution in [2.45, 2.75) is 6.92 Å². The van der Waals surface area contributed by atoms with Gasteiger partial charge in [-0.05, 0) is 25.1 Å². The lowest BCUT2D eigenvalue weighted by atomic mass is 10.1. The van der Waals surface area contributed by atoms with E-state index in [2.05, 4.69) is 21.6 Å². The van der Waals surface area contributed by atoms with Crippen molar-refractivity contribution in [3.8, 4) is 17.0 Å². The van der Waals surface area contributed by atoms with E-state index in [1.165, 1.54) is 4.88 Å². The van der Waals surface area contributed by atoms with Crippen LogP contribution in [0, 0.1) is 6.92 Å². The normalized spacial score (nSPS) is 13.9. The van der Waals surface area contributed by atoms with Gasteiger partial charge in [-0.3, -0.25) is 9.20 Å². The molecule has 1 aromatic carbocycles. The Morgan fingerprint density at radius 2 is 2.35 bits per heavy atom. The number of fused-ring (bicyclic) bond motifs is 2.